The summed E-state index contributed by atoms with van der Waals surface area (Å²) in [5, 5.41) is 9.45. The molecule has 6 heteroatoms. The first-order valence-electron chi connectivity index (χ1n) is 8.98. The van der Waals surface area contributed by atoms with Crippen molar-refractivity contribution in [1.29, 1.82) is 0 Å². The molecule has 0 unspecified atom stereocenters. The van der Waals surface area contributed by atoms with Crippen molar-refractivity contribution in [2.24, 2.45) is 0 Å². The first-order chi connectivity index (χ1) is 12.2. The van der Waals surface area contributed by atoms with Crippen LogP contribution >= 0.6 is 11.8 Å². The van der Waals surface area contributed by atoms with Gasteiger partial charge in [-0.1, -0.05) is 43.7 Å². The Balaban J connectivity index is 3.02. The largest absolute Gasteiger partial charge is 0.480 e. The third-order valence-corrected chi connectivity index (χ3v) is 5.42. The molecule has 5 nitrogen and oxygen atoms in total. The number of rotatable bonds is 9. The molecule has 144 valence electrons. The molecule has 0 fully saturated rings. The van der Waals surface area contributed by atoms with Crippen molar-refractivity contribution in [1.82, 2.24) is 0 Å². The van der Waals surface area contributed by atoms with E-state index in [4.69, 9.17) is 0 Å². The Morgan fingerprint density at radius 2 is 1.73 bits per heavy atom. The predicted molar refractivity (Wildman–Crippen MR) is 107 cm³/mol. The Kier molecular flexibility index (Phi) is 8.85. The van der Waals surface area contributed by atoms with Gasteiger partial charge in [0, 0.05) is 6.42 Å². The Morgan fingerprint density at radius 3 is 2.31 bits per heavy atom. The van der Waals surface area contributed by atoms with Gasteiger partial charge >= 0.3 is 5.97 Å². The lowest BCUT2D eigenvalue weighted by atomic mass is 10.0. The van der Waals surface area contributed by atoms with Crippen LogP contribution in [0.1, 0.15) is 56.2 Å². The number of amides is 1. The summed E-state index contributed by atoms with van der Waals surface area (Å²) in [5.74, 6) is -1.47. The maximum atomic E-state index is 12.8. The number of unbranched alkanes of at least 4 members (excludes halogenated alkanes) is 2. The lowest BCUT2D eigenvalue weighted by Gasteiger charge is -2.30. The first kappa shape index (κ1) is 22.2. The number of carbonyl (C=O) groups is 3. The van der Waals surface area contributed by atoms with Crippen LogP contribution in [0.15, 0.2) is 12.1 Å². The summed E-state index contributed by atoms with van der Waals surface area (Å²) in [7, 11) is 0. The molecule has 0 spiro atoms. The van der Waals surface area contributed by atoms with E-state index < -0.39 is 12.0 Å². The van der Waals surface area contributed by atoms with Gasteiger partial charge in [0.1, 0.15) is 6.04 Å². The van der Waals surface area contributed by atoms with Gasteiger partial charge in [0.05, 0.1) is 11.4 Å². The number of benzene rings is 1. The number of carboxylic acids is 1. The Hall–Kier alpha value is -1.82. The molecule has 0 aliphatic rings. The van der Waals surface area contributed by atoms with Crippen molar-refractivity contribution in [3.63, 3.8) is 0 Å². The van der Waals surface area contributed by atoms with E-state index in [2.05, 4.69) is 6.92 Å². The minimum atomic E-state index is -1.07. The highest BCUT2D eigenvalue weighted by Gasteiger charge is 2.30. The maximum absolute atomic E-state index is 12.8. The van der Waals surface area contributed by atoms with Crippen molar-refractivity contribution in [2.75, 3.05) is 10.7 Å². The molecule has 0 aliphatic carbocycles. The number of aryl methyl sites for hydroxylation is 2. The summed E-state index contributed by atoms with van der Waals surface area (Å²) in [4.78, 5) is 37.7. The maximum Gasteiger partial charge on any atom is 0.326 e. The van der Waals surface area contributed by atoms with E-state index in [1.165, 1.54) is 11.8 Å². The van der Waals surface area contributed by atoms with Crippen LogP contribution in [0.4, 0.5) is 5.69 Å². The van der Waals surface area contributed by atoms with Crippen LogP contribution in [0.25, 0.3) is 0 Å². The van der Waals surface area contributed by atoms with Gasteiger partial charge in [-0.2, -0.15) is 0 Å². The predicted octanol–water partition coefficient (Wildman–Crippen LogP) is 4.26. The van der Waals surface area contributed by atoms with Crippen molar-refractivity contribution >= 4 is 34.4 Å². The average Bonchev–Trinajstić information content (AvgIpc) is 2.59. The standard InChI is InChI=1S/C20H29NO4S/c1-6-7-8-9-18(23)26-12-17(22)21(16(5)20(24)25)19-14(3)11-10-13(2)15(19)4/h10-11,16H,6-9,12H2,1-5H3,(H,24,25)/t16-/m0/s1. The summed E-state index contributed by atoms with van der Waals surface area (Å²) < 4.78 is 0. The number of hydrogen-bond donors (Lipinski definition) is 1. The van der Waals surface area contributed by atoms with Crippen LogP contribution < -0.4 is 4.90 Å². The van der Waals surface area contributed by atoms with Crippen molar-refractivity contribution in [3.8, 4) is 0 Å². The van der Waals surface area contributed by atoms with Crippen molar-refractivity contribution in [3.05, 3.63) is 28.8 Å². The molecule has 1 atom stereocenters. The quantitative estimate of drug-likeness (QED) is 0.649. The lowest BCUT2D eigenvalue weighted by molar-refractivity contribution is -0.139. The molecule has 1 rings (SSSR count). The molecule has 0 saturated carbocycles. The highest BCUT2D eigenvalue weighted by Crippen LogP contribution is 2.30. The van der Waals surface area contributed by atoms with Gasteiger partial charge in [-0.3, -0.25) is 14.5 Å². The highest BCUT2D eigenvalue weighted by atomic mass is 32.2. The number of hydrogen-bond acceptors (Lipinski definition) is 4. The van der Waals surface area contributed by atoms with E-state index in [9.17, 15) is 19.5 Å². The molecular weight excluding hydrogens is 350 g/mol. The van der Waals surface area contributed by atoms with Crippen LogP contribution in [0.2, 0.25) is 0 Å². The smallest absolute Gasteiger partial charge is 0.326 e. The Morgan fingerprint density at radius 1 is 1.12 bits per heavy atom. The molecule has 1 amide bonds. The Labute approximate surface area is 160 Å². The van der Waals surface area contributed by atoms with Gasteiger partial charge in [0.2, 0.25) is 5.91 Å². The molecular formula is C20H29NO4S. The van der Waals surface area contributed by atoms with Gasteiger partial charge in [0.15, 0.2) is 5.12 Å². The minimum Gasteiger partial charge on any atom is -0.480 e. The number of nitrogens with zero attached hydrogens (tertiary/aromatic N) is 1. The van der Waals surface area contributed by atoms with Crippen LogP contribution in [0.5, 0.6) is 0 Å². The van der Waals surface area contributed by atoms with E-state index in [1.807, 2.05) is 32.9 Å². The molecule has 0 bridgehead atoms. The van der Waals surface area contributed by atoms with Crippen molar-refractivity contribution < 1.29 is 19.5 Å². The molecule has 0 aromatic heterocycles. The molecule has 26 heavy (non-hydrogen) atoms. The van der Waals surface area contributed by atoms with Gasteiger partial charge < -0.3 is 5.11 Å². The number of thioether (sulfide) groups is 1. The van der Waals surface area contributed by atoms with Gasteiger partial charge in [-0.05, 0) is 50.8 Å². The third-order valence-electron chi connectivity index (χ3n) is 4.50. The normalized spacial score (nSPS) is 11.9. The zero-order valence-corrected chi connectivity index (χ0v) is 17.1. The molecule has 1 aromatic rings. The second-order valence-corrected chi connectivity index (χ2v) is 7.60. The summed E-state index contributed by atoms with van der Waals surface area (Å²) in [6.07, 6.45) is 3.29. The zero-order chi connectivity index (χ0) is 19.9. The molecule has 0 heterocycles. The third kappa shape index (κ3) is 5.87. The number of carbonyl (C=O) groups excluding carboxylic acids is 2. The fourth-order valence-electron chi connectivity index (χ4n) is 2.76. The second-order valence-electron chi connectivity index (χ2n) is 6.57. The van der Waals surface area contributed by atoms with Crippen LogP contribution in [-0.2, 0) is 14.4 Å². The van der Waals surface area contributed by atoms with Crippen molar-refractivity contribution in [2.45, 2.75) is 66.3 Å². The fourth-order valence-corrected chi connectivity index (χ4v) is 3.47. The monoisotopic (exact) mass is 379 g/mol. The summed E-state index contributed by atoms with van der Waals surface area (Å²) in [6, 6.07) is 2.83. The first-order valence-corrected chi connectivity index (χ1v) is 9.96. The molecule has 0 radical (unpaired) electrons. The van der Waals surface area contributed by atoms with Crippen LogP contribution in [-0.4, -0.2) is 33.9 Å². The fraction of sp³-hybridized carbons (Fsp3) is 0.550. The Bertz CT molecular complexity index is 672. The van der Waals surface area contributed by atoms with Crippen LogP contribution in [0.3, 0.4) is 0 Å². The van der Waals surface area contributed by atoms with E-state index >= 15 is 0 Å². The molecule has 1 N–H and O–H groups in total. The summed E-state index contributed by atoms with van der Waals surface area (Å²) >= 11 is 0.980. The van der Waals surface area contributed by atoms with E-state index in [0.717, 1.165) is 47.7 Å². The topological polar surface area (TPSA) is 74.7 Å². The number of aliphatic carboxylic acids is 1. The summed E-state index contributed by atoms with van der Waals surface area (Å²) in [5.41, 5.74) is 3.34. The van der Waals surface area contributed by atoms with E-state index in [1.54, 1.807) is 0 Å². The van der Waals surface area contributed by atoms with Gasteiger partial charge in [-0.25, -0.2) is 4.79 Å². The number of anilines is 1. The summed E-state index contributed by atoms with van der Waals surface area (Å²) in [6.45, 7) is 9.24. The average molecular weight is 380 g/mol. The van der Waals surface area contributed by atoms with Gasteiger partial charge in [0.25, 0.3) is 0 Å². The molecule has 1 aromatic carbocycles. The van der Waals surface area contributed by atoms with E-state index in [-0.39, 0.29) is 16.8 Å². The lowest BCUT2D eigenvalue weighted by Crippen LogP contribution is -2.45. The van der Waals surface area contributed by atoms with Crippen LogP contribution in [0, 0.1) is 20.8 Å². The molecule has 0 aliphatic heterocycles. The van der Waals surface area contributed by atoms with E-state index in [0.29, 0.717) is 12.1 Å². The minimum absolute atomic E-state index is 0.0209. The number of carboxylic acid groups (broad SMARTS) is 1. The van der Waals surface area contributed by atoms with Gasteiger partial charge in [-0.15, -0.1) is 0 Å². The second kappa shape index (κ2) is 10.4. The highest BCUT2D eigenvalue weighted by molar-refractivity contribution is 8.14. The SMILES string of the molecule is CCCCCC(=O)SCC(=O)N(c1c(C)ccc(C)c1C)[C@@H](C)C(=O)O. The molecule has 0 saturated heterocycles. The zero-order valence-electron chi connectivity index (χ0n) is 16.3.